The molecule has 0 aliphatic carbocycles. The molecule has 0 saturated carbocycles. The van der Waals surface area contributed by atoms with Crippen LogP contribution in [0, 0.1) is 5.92 Å². The van der Waals surface area contributed by atoms with Gasteiger partial charge in [-0.05, 0) is 46.9 Å². The van der Waals surface area contributed by atoms with E-state index in [1.54, 1.807) is 0 Å². The van der Waals surface area contributed by atoms with Crippen molar-refractivity contribution in [2.45, 2.75) is 19.3 Å². The molecule has 4 heteroatoms. The lowest BCUT2D eigenvalue weighted by Gasteiger charge is -2.40. The van der Waals surface area contributed by atoms with E-state index in [1.807, 2.05) is 30.3 Å². The zero-order valence-corrected chi connectivity index (χ0v) is 17.6. The van der Waals surface area contributed by atoms with Gasteiger partial charge in [-0.25, -0.2) is 0 Å². The molecule has 0 unspecified atom stereocenters. The SMILES string of the molecule is CC(C)C(c1ccccc1)(c1ccc(OCCO)cc1)c1ccc(OCCO)cc1. The number of aliphatic hydroxyl groups is 2. The summed E-state index contributed by atoms with van der Waals surface area (Å²) in [6.45, 7) is 5.02. The van der Waals surface area contributed by atoms with Gasteiger partial charge in [-0.2, -0.15) is 0 Å². The summed E-state index contributed by atoms with van der Waals surface area (Å²) in [6.07, 6.45) is 0. The predicted octanol–water partition coefficient (Wildman–Crippen LogP) is 4.42. The van der Waals surface area contributed by atoms with Gasteiger partial charge in [0.15, 0.2) is 0 Å². The lowest BCUT2D eigenvalue weighted by Crippen LogP contribution is -2.35. The van der Waals surface area contributed by atoms with Gasteiger partial charge in [0, 0.05) is 5.41 Å². The van der Waals surface area contributed by atoms with Crippen LogP contribution in [-0.2, 0) is 5.41 Å². The average molecular weight is 407 g/mol. The second kappa shape index (κ2) is 10.3. The van der Waals surface area contributed by atoms with Crippen molar-refractivity contribution in [1.29, 1.82) is 0 Å². The molecule has 158 valence electrons. The van der Waals surface area contributed by atoms with Crippen molar-refractivity contribution in [3.8, 4) is 11.5 Å². The first kappa shape index (κ1) is 21.9. The van der Waals surface area contributed by atoms with E-state index in [2.05, 4.69) is 62.4 Å². The van der Waals surface area contributed by atoms with Gasteiger partial charge in [0.05, 0.1) is 13.2 Å². The molecule has 0 aliphatic rings. The molecule has 3 aromatic rings. The summed E-state index contributed by atoms with van der Waals surface area (Å²) in [5.74, 6) is 1.76. The Morgan fingerprint density at radius 1 is 0.633 bits per heavy atom. The minimum Gasteiger partial charge on any atom is -0.491 e. The van der Waals surface area contributed by atoms with E-state index in [9.17, 15) is 0 Å². The van der Waals surface area contributed by atoms with Crippen molar-refractivity contribution < 1.29 is 19.7 Å². The van der Waals surface area contributed by atoms with Crippen LogP contribution < -0.4 is 9.47 Å². The molecule has 0 spiro atoms. The van der Waals surface area contributed by atoms with Gasteiger partial charge in [-0.3, -0.25) is 0 Å². The molecule has 0 bridgehead atoms. The normalized spacial score (nSPS) is 11.5. The van der Waals surface area contributed by atoms with E-state index in [0.29, 0.717) is 0 Å². The van der Waals surface area contributed by atoms with Crippen molar-refractivity contribution in [1.82, 2.24) is 0 Å². The molecule has 3 rings (SSSR count). The summed E-state index contributed by atoms with van der Waals surface area (Å²) in [5, 5.41) is 18.0. The molecule has 2 N–H and O–H groups in total. The summed E-state index contributed by atoms with van der Waals surface area (Å²) in [6, 6.07) is 26.8. The third kappa shape index (κ3) is 4.50. The number of benzene rings is 3. The summed E-state index contributed by atoms with van der Waals surface area (Å²) < 4.78 is 11.1. The zero-order valence-electron chi connectivity index (χ0n) is 17.6. The fourth-order valence-corrected chi connectivity index (χ4v) is 4.16. The van der Waals surface area contributed by atoms with E-state index >= 15 is 0 Å². The van der Waals surface area contributed by atoms with Crippen LogP contribution in [-0.4, -0.2) is 36.6 Å². The van der Waals surface area contributed by atoms with Crippen molar-refractivity contribution in [2.24, 2.45) is 5.92 Å². The first-order valence-corrected chi connectivity index (χ1v) is 10.4. The number of hydrogen-bond acceptors (Lipinski definition) is 4. The van der Waals surface area contributed by atoms with Crippen molar-refractivity contribution in [3.05, 3.63) is 95.6 Å². The Hall–Kier alpha value is -2.82. The Morgan fingerprint density at radius 2 is 1.03 bits per heavy atom. The molecular formula is C26H30O4. The Balaban J connectivity index is 2.11. The predicted molar refractivity (Wildman–Crippen MR) is 119 cm³/mol. The molecule has 0 aromatic heterocycles. The van der Waals surface area contributed by atoms with Crippen LogP contribution in [0.2, 0.25) is 0 Å². The zero-order chi connectivity index (χ0) is 21.4. The minimum absolute atomic E-state index is 0.00754. The van der Waals surface area contributed by atoms with Crippen LogP contribution in [0.1, 0.15) is 30.5 Å². The standard InChI is InChI=1S/C26H30O4/c1-20(2)26(21-6-4-3-5-7-21,22-8-12-24(13-9-22)29-18-16-27)23-10-14-25(15-11-23)30-19-17-28/h3-15,20,27-28H,16-19H2,1-2H3. The number of hydrogen-bond donors (Lipinski definition) is 2. The molecule has 0 radical (unpaired) electrons. The van der Waals surface area contributed by atoms with Gasteiger partial charge in [-0.1, -0.05) is 68.4 Å². The maximum Gasteiger partial charge on any atom is 0.119 e. The topological polar surface area (TPSA) is 58.9 Å². The second-order valence-electron chi connectivity index (χ2n) is 7.52. The fraction of sp³-hybridized carbons (Fsp3) is 0.308. The quantitative estimate of drug-likeness (QED) is 0.490. The smallest absolute Gasteiger partial charge is 0.119 e. The number of rotatable bonds is 10. The van der Waals surface area contributed by atoms with E-state index in [4.69, 9.17) is 19.7 Å². The van der Waals surface area contributed by atoms with Crippen molar-refractivity contribution in [3.63, 3.8) is 0 Å². The highest BCUT2D eigenvalue weighted by Gasteiger charge is 2.39. The molecule has 4 nitrogen and oxygen atoms in total. The Morgan fingerprint density at radius 3 is 1.40 bits per heavy atom. The third-order valence-corrected chi connectivity index (χ3v) is 5.43. The lowest BCUT2D eigenvalue weighted by atomic mass is 9.63. The lowest BCUT2D eigenvalue weighted by molar-refractivity contribution is 0.201. The summed E-state index contributed by atoms with van der Waals surface area (Å²) in [7, 11) is 0. The first-order valence-electron chi connectivity index (χ1n) is 10.4. The minimum atomic E-state index is -0.355. The number of ether oxygens (including phenoxy) is 2. The summed E-state index contributed by atoms with van der Waals surface area (Å²) in [5.41, 5.74) is 3.20. The maximum absolute atomic E-state index is 9.01. The van der Waals surface area contributed by atoms with Gasteiger partial charge in [-0.15, -0.1) is 0 Å². The molecule has 0 aliphatic heterocycles. The van der Waals surface area contributed by atoms with Gasteiger partial charge in [0.2, 0.25) is 0 Å². The van der Waals surface area contributed by atoms with Gasteiger partial charge >= 0.3 is 0 Å². The van der Waals surface area contributed by atoms with Crippen molar-refractivity contribution >= 4 is 0 Å². The highest BCUT2D eigenvalue weighted by atomic mass is 16.5. The third-order valence-electron chi connectivity index (χ3n) is 5.43. The van der Waals surface area contributed by atoms with Crippen molar-refractivity contribution in [2.75, 3.05) is 26.4 Å². The van der Waals surface area contributed by atoms with Crippen LogP contribution in [0.3, 0.4) is 0 Å². The number of aliphatic hydroxyl groups excluding tert-OH is 2. The van der Waals surface area contributed by atoms with Gasteiger partial charge in [0.25, 0.3) is 0 Å². The maximum atomic E-state index is 9.01. The first-order chi connectivity index (χ1) is 14.6. The molecular weight excluding hydrogens is 376 g/mol. The van der Waals surface area contributed by atoms with E-state index < -0.39 is 0 Å². The van der Waals surface area contributed by atoms with Crippen LogP contribution in [0.15, 0.2) is 78.9 Å². The molecule has 0 atom stereocenters. The van der Waals surface area contributed by atoms with E-state index in [-0.39, 0.29) is 37.8 Å². The average Bonchev–Trinajstić information content (AvgIpc) is 2.79. The molecule has 0 amide bonds. The van der Waals surface area contributed by atoms with Crippen LogP contribution in [0.4, 0.5) is 0 Å². The Labute approximate surface area is 178 Å². The molecule has 30 heavy (non-hydrogen) atoms. The van der Waals surface area contributed by atoms with Crippen LogP contribution in [0.5, 0.6) is 11.5 Å². The summed E-state index contributed by atoms with van der Waals surface area (Å²) >= 11 is 0. The van der Waals surface area contributed by atoms with Crippen LogP contribution >= 0.6 is 0 Å². The Kier molecular flexibility index (Phi) is 7.50. The van der Waals surface area contributed by atoms with E-state index in [1.165, 1.54) is 16.7 Å². The van der Waals surface area contributed by atoms with Gasteiger partial charge < -0.3 is 19.7 Å². The molecule has 0 heterocycles. The second-order valence-corrected chi connectivity index (χ2v) is 7.52. The molecule has 0 saturated heterocycles. The largest absolute Gasteiger partial charge is 0.491 e. The molecule has 3 aromatic carbocycles. The summed E-state index contributed by atoms with van der Waals surface area (Å²) in [4.78, 5) is 0. The van der Waals surface area contributed by atoms with Crippen LogP contribution in [0.25, 0.3) is 0 Å². The Bertz CT molecular complexity index is 835. The molecule has 0 fully saturated rings. The fourth-order valence-electron chi connectivity index (χ4n) is 4.16. The monoisotopic (exact) mass is 406 g/mol. The van der Waals surface area contributed by atoms with Gasteiger partial charge in [0.1, 0.15) is 24.7 Å². The highest BCUT2D eigenvalue weighted by molar-refractivity contribution is 5.52. The van der Waals surface area contributed by atoms with E-state index in [0.717, 1.165) is 11.5 Å². The highest BCUT2D eigenvalue weighted by Crippen LogP contribution is 2.45.